The highest BCUT2D eigenvalue weighted by molar-refractivity contribution is 5.96. The molecule has 33 heavy (non-hydrogen) atoms. The Morgan fingerprint density at radius 1 is 1.03 bits per heavy atom. The number of benzene rings is 2. The van der Waals surface area contributed by atoms with Gasteiger partial charge in [-0.3, -0.25) is 9.36 Å². The Morgan fingerprint density at radius 2 is 1.79 bits per heavy atom. The molecule has 2 aromatic carbocycles. The summed E-state index contributed by atoms with van der Waals surface area (Å²) in [7, 11) is 0. The Morgan fingerprint density at radius 3 is 2.55 bits per heavy atom. The summed E-state index contributed by atoms with van der Waals surface area (Å²) in [5, 5.41) is 0. The predicted octanol–water partition coefficient (Wildman–Crippen LogP) is 4.88. The first kappa shape index (κ1) is 21.0. The number of hydrogen-bond acceptors (Lipinski definition) is 5. The van der Waals surface area contributed by atoms with Crippen molar-refractivity contribution >= 4 is 17.0 Å². The fourth-order valence-corrected chi connectivity index (χ4v) is 4.44. The molecule has 1 aliphatic heterocycles. The van der Waals surface area contributed by atoms with Crippen molar-refractivity contribution in [1.29, 1.82) is 0 Å². The summed E-state index contributed by atoms with van der Waals surface area (Å²) in [6.45, 7) is 5.05. The number of likely N-dealkylation sites (tertiary alicyclic amines) is 1. The minimum atomic E-state index is -0.342. The van der Waals surface area contributed by atoms with Crippen molar-refractivity contribution in [1.82, 2.24) is 14.5 Å². The Kier molecular flexibility index (Phi) is 5.46. The summed E-state index contributed by atoms with van der Waals surface area (Å²) < 4.78 is 13.1. The number of piperidine rings is 1. The van der Waals surface area contributed by atoms with Crippen LogP contribution in [0.3, 0.4) is 0 Å². The molecular formula is C26H25N3O4. The number of carbonyl (C=O) groups is 1. The monoisotopic (exact) mass is 443 g/mol. The number of pyridine rings is 1. The number of nitrogens with zero attached hydrogens (tertiary/aromatic N) is 3. The van der Waals surface area contributed by atoms with Gasteiger partial charge in [0, 0.05) is 25.3 Å². The molecule has 168 valence electrons. The van der Waals surface area contributed by atoms with E-state index in [9.17, 15) is 9.59 Å². The second-order valence-electron chi connectivity index (χ2n) is 8.45. The molecule has 0 spiro atoms. The van der Waals surface area contributed by atoms with Gasteiger partial charge in [-0.1, -0.05) is 29.8 Å². The maximum absolute atomic E-state index is 13.3. The van der Waals surface area contributed by atoms with Gasteiger partial charge in [0.15, 0.2) is 5.58 Å². The SMILES string of the molecule is Cc1ccc(Oc2ncccc2C(=O)N2CCC(n3c(=O)oc4cccc(C)c43)CC2)cc1. The van der Waals surface area contributed by atoms with E-state index >= 15 is 0 Å². The van der Waals surface area contributed by atoms with Crippen LogP contribution in [-0.4, -0.2) is 33.4 Å². The topological polar surface area (TPSA) is 77.6 Å². The average molecular weight is 444 g/mol. The highest BCUT2D eigenvalue weighted by Gasteiger charge is 2.29. The molecule has 1 amide bonds. The zero-order valence-electron chi connectivity index (χ0n) is 18.7. The molecule has 1 saturated heterocycles. The molecule has 7 heteroatoms. The van der Waals surface area contributed by atoms with E-state index in [4.69, 9.17) is 9.15 Å². The lowest BCUT2D eigenvalue weighted by molar-refractivity contribution is 0.0690. The maximum Gasteiger partial charge on any atom is 0.420 e. The van der Waals surface area contributed by atoms with E-state index in [1.54, 1.807) is 27.8 Å². The van der Waals surface area contributed by atoms with Crippen LogP contribution in [0.25, 0.3) is 11.1 Å². The average Bonchev–Trinajstić information content (AvgIpc) is 3.18. The van der Waals surface area contributed by atoms with Crippen LogP contribution in [0, 0.1) is 13.8 Å². The van der Waals surface area contributed by atoms with Crippen molar-refractivity contribution in [2.45, 2.75) is 32.7 Å². The Labute approximate surface area is 191 Å². The van der Waals surface area contributed by atoms with Crippen LogP contribution in [0.15, 0.2) is 70.0 Å². The highest BCUT2D eigenvalue weighted by Crippen LogP contribution is 2.30. The Hall–Kier alpha value is -3.87. The van der Waals surface area contributed by atoms with Crippen LogP contribution in [0.1, 0.15) is 40.4 Å². The summed E-state index contributed by atoms with van der Waals surface area (Å²) in [6, 6.07) is 16.8. The molecule has 1 fully saturated rings. The van der Waals surface area contributed by atoms with E-state index < -0.39 is 0 Å². The van der Waals surface area contributed by atoms with Gasteiger partial charge < -0.3 is 14.1 Å². The lowest BCUT2D eigenvalue weighted by Gasteiger charge is -2.32. The van der Waals surface area contributed by atoms with Crippen LogP contribution in [0.4, 0.5) is 0 Å². The minimum absolute atomic E-state index is 0.0129. The minimum Gasteiger partial charge on any atom is -0.438 e. The first-order chi connectivity index (χ1) is 16.0. The van der Waals surface area contributed by atoms with Gasteiger partial charge in [-0.2, -0.15) is 0 Å². The third-order valence-electron chi connectivity index (χ3n) is 6.19. The standard InChI is InChI=1S/C26H25N3O4/c1-17-8-10-20(11-9-17)32-24-21(6-4-14-27-24)25(30)28-15-12-19(13-16-28)29-23-18(2)5-3-7-22(23)33-26(29)31/h3-11,14,19H,12-13,15-16H2,1-2H3. The molecular weight excluding hydrogens is 418 g/mol. The van der Waals surface area contributed by atoms with Crippen LogP contribution in [-0.2, 0) is 0 Å². The molecule has 5 rings (SSSR count). The number of aromatic nitrogens is 2. The van der Waals surface area contributed by atoms with Crippen molar-refractivity contribution in [2.75, 3.05) is 13.1 Å². The van der Waals surface area contributed by atoms with Gasteiger partial charge in [0.2, 0.25) is 5.88 Å². The summed E-state index contributed by atoms with van der Waals surface area (Å²) in [4.78, 5) is 32.0. The number of para-hydroxylation sites is 1. The smallest absolute Gasteiger partial charge is 0.420 e. The zero-order chi connectivity index (χ0) is 22.9. The number of hydrogen-bond donors (Lipinski definition) is 0. The van der Waals surface area contributed by atoms with Crippen LogP contribution in [0.2, 0.25) is 0 Å². The number of aryl methyl sites for hydroxylation is 2. The number of ether oxygens (including phenoxy) is 1. The molecule has 7 nitrogen and oxygen atoms in total. The number of rotatable bonds is 4. The highest BCUT2D eigenvalue weighted by atomic mass is 16.5. The second-order valence-corrected chi connectivity index (χ2v) is 8.45. The molecule has 0 unspecified atom stereocenters. The van der Waals surface area contributed by atoms with Crippen LogP contribution < -0.4 is 10.5 Å². The lowest BCUT2D eigenvalue weighted by atomic mass is 10.0. The zero-order valence-corrected chi connectivity index (χ0v) is 18.7. The van der Waals surface area contributed by atoms with Crippen molar-refractivity contribution < 1.29 is 13.9 Å². The van der Waals surface area contributed by atoms with Crippen molar-refractivity contribution in [2.24, 2.45) is 0 Å². The summed E-state index contributed by atoms with van der Waals surface area (Å²) >= 11 is 0. The van der Waals surface area contributed by atoms with Crippen LogP contribution >= 0.6 is 0 Å². The molecule has 2 aromatic heterocycles. The molecule has 0 saturated carbocycles. The van der Waals surface area contributed by atoms with Crippen molar-refractivity contribution in [3.8, 4) is 11.6 Å². The fraction of sp³-hybridized carbons (Fsp3) is 0.269. The van der Waals surface area contributed by atoms with Gasteiger partial charge in [-0.25, -0.2) is 9.78 Å². The largest absolute Gasteiger partial charge is 0.438 e. The van der Waals surface area contributed by atoms with Gasteiger partial charge in [-0.05, 0) is 62.6 Å². The van der Waals surface area contributed by atoms with E-state index in [1.165, 1.54) is 0 Å². The summed E-state index contributed by atoms with van der Waals surface area (Å²) in [6.07, 6.45) is 2.96. The first-order valence-corrected chi connectivity index (χ1v) is 11.1. The molecule has 0 atom stereocenters. The first-order valence-electron chi connectivity index (χ1n) is 11.1. The number of oxazole rings is 1. The number of fused-ring (bicyclic) bond motifs is 1. The van der Waals surface area contributed by atoms with Gasteiger partial charge in [0.25, 0.3) is 5.91 Å². The van der Waals surface area contributed by atoms with Crippen molar-refractivity contribution in [3.63, 3.8) is 0 Å². The quantitative estimate of drug-likeness (QED) is 0.449. The van der Waals surface area contributed by atoms with Gasteiger partial charge in [-0.15, -0.1) is 0 Å². The predicted molar refractivity (Wildman–Crippen MR) is 125 cm³/mol. The molecule has 1 aliphatic rings. The molecule has 3 heterocycles. The second kappa shape index (κ2) is 8.58. The molecule has 0 aliphatic carbocycles. The van der Waals surface area contributed by atoms with Crippen molar-refractivity contribution in [3.05, 3.63) is 88.0 Å². The van der Waals surface area contributed by atoms with E-state index in [2.05, 4.69) is 4.98 Å². The van der Waals surface area contributed by atoms with Crippen LogP contribution in [0.5, 0.6) is 11.6 Å². The molecule has 0 bridgehead atoms. The third-order valence-corrected chi connectivity index (χ3v) is 6.19. The number of amides is 1. The lowest BCUT2D eigenvalue weighted by Crippen LogP contribution is -2.40. The normalized spacial score (nSPS) is 14.5. The fourth-order valence-electron chi connectivity index (χ4n) is 4.44. The molecule has 0 N–H and O–H groups in total. The maximum atomic E-state index is 13.3. The van der Waals surface area contributed by atoms with E-state index in [0.29, 0.717) is 48.7 Å². The van der Waals surface area contributed by atoms with Gasteiger partial charge in [0.05, 0.1) is 5.52 Å². The van der Waals surface area contributed by atoms with E-state index in [-0.39, 0.29) is 17.7 Å². The molecule has 0 radical (unpaired) electrons. The Balaban J connectivity index is 1.34. The van der Waals surface area contributed by atoms with Gasteiger partial charge in [0.1, 0.15) is 11.3 Å². The Bertz CT molecular complexity index is 1360. The molecule has 4 aromatic rings. The van der Waals surface area contributed by atoms with E-state index in [1.807, 2.05) is 56.3 Å². The van der Waals surface area contributed by atoms with E-state index in [0.717, 1.165) is 16.6 Å². The van der Waals surface area contributed by atoms with Gasteiger partial charge >= 0.3 is 5.76 Å². The summed E-state index contributed by atoms with van der Waals surface area (Å²) in [5.41, 5.74) is 4.01. The number of carbonyl (C=O) groups excluding carboxylic acids is 1. The summed E-state index contributed by atoms with van der Waals surface area (Å²) in [5.74, 6) is 0.462. The third kappa shape index (κ3) is 4.02.